The Hall–Kier alpha value is -3.08. The van der Waals surface area contributed by atoms with Gasteiger partial charge in [0.2, 0.25) is 0 Å². The van der Waals surface area contributed by atoms with E-state index in [-0.39, 0.29) is 23.1 Å². The molecule has 1 amide bonds. The summed E-state index contributed by atoms with van der Waals surface area (Å²) in [5, 5.41) is 2.66. The summed E-state index contributed by atoms with van der Waals surface area (Å²) in [6, 6.07) is 5.52. The number of hydrogen-bond acceptors (Lipinski definition) is 6. The lowest BCUT2D eigenvalue weighted by Crippen LogP contribution is -2.16. The molecule has 1 aliphatic heterocycles. The maximum Gasteiger partial charge on any atom is 0.280 e. The number of fused-ring (bicyclic) bond motifs is 1. The molecule has 1 unspecified atom stereocenters. The van der Waals surface area contributed by atoms with Gasteiger partial charge in [0.1, 0.15) is 28.5 Å². The van der Waals surface area contributed by atoms with Gasteiger partial charge in [0.15, 0.2) is 9.84 Å². The van der Waals surface area contributed by atoms with E-state index in [2.05, 4.69) is 15.3 Å². The third kappa shape index (κ3) is 4.87. The average Bonchev–Trinajstić information content (AvgIpc) is 3.29. The number of aromatic nitrogens is 3. The van der Waals surface area contributed by atoms with Crippen LogP contribution in [0.3, 0.4) is 0 Å². The van der Waals surface area contributed by atoms with Crippen LogP contribution in [0.25, 0.3) is 5.65 Å². The summed E-state index contributed by atoms with van der Waals surface area (Å²) in [5.74, 6) is 0.125. The fraction of sp³-hybridized carbons (Fsp3) is 0.381. The first-order valence-corrected chi connectivity index (χ1v) is 12.0. The minimum absolute atomic E-state index is 0.0311. The Labute approximate surface area is 183 Å². The third-order valence-electron chi connectivity index (χ3n) is 5.20. The summed E-state index contributed by atoms with van der Waals surface area (Å²) in [5.41, 5.74) is 1.04. The second kappa shape index (κ2) is 8.81. The molecule has 3 aromatic rings. The minimum Gasteiger partial charge on any atom is -0.491 e. The van der Waals surface area contributed by atoms with Gasteiger partial charge in [-0.15, -0.1) is 0 Å². The quantitative estimate of drug-likeness (QED) is 0.576. The lowest BCUT2D eigenvalue weighted by atomic mass is 10.0. The van der Waals surface area contributed by atoms with Crippen molar-refractivity contribution in [2.45, 2.75) is 26.2 Å². The Bertz CT molecular complexity index is 1260. The van der Waals surface area contributed by atoms with Crippen LogP contribution >= 0.6 is 0 Å². The van der Waals surface area contributed by atoms with E-state index in [4.69, 9.17) is 4.74 Å². The normalized spacial score (nSPS) is 17.7. The highest BCUT2D eigenvalue weighted by Gasteiger charge is 2.28. The second-order valence-corrected chi connectivity index (χ2v) is 9.89. The van der Waals surface area contributed by atoms with E-state index in [0.717, 1.165) is 11.8 Å². The van der Waals surface area contributed by atoms with Crippen molar-refractivity contribution in [1.29, 1.82) is 0 Å². The number of imidazole rings is 1. The number of hydrogen-bond donors (Lipinski definition) is 1. The largest absolute Gasteiger partial charge is 0.491 e. The number of rotatable bonds is 7. The molecule has 0 bridgehead atoms. The zero-order valence-corrected chi connectivity index (χ0v) is 18.1. The fourth-order valence-electron chi connectivity index (χ4n) is 3.75. The number of alkyl halides is 2. The molecule has 8 nitrogen and oxygen atoms in total. The Balaban J connectivity index is 1.59. The first-order valence-electron chi connectivity index (χ1n) is 10.2. The maximum atomic E-state index is 12.9. The van der Waals surface area contributed by atoms with Crippen LogP contribution in [-0.2, 0) is 16.3 Å². The Morgan fingerprint density at radius 3 is 2.81 bits per heavy atom. The molecule has 0 aliphatic carbocycles. The van der Waals surface area contributed by atoms with Crippen molar-refractivity contribution in [2.75, 3.05) is 23.4 Å². The molecule has 1 fully saturated rings. The number of halogens is 2. The number of carbonyl (C=O) groups excluding carboxylic acids is 1. The van der Waals surface area contributed by atoms with Crippen molar-refractivity contribution in [2.24, 2.45) is 5.92 Å². The van der Waals surface area contributed by atoms with Crippen molar-refractivity contribution < 1.29 is 26.7 Å². The molecular weight excluding hydrogens is 442 g/mol. The van der Waals surface area contributed by atoms with E-state index in [1.54, 1.807) is 29.8 Å². The van der Waals surface area contributed by atoms with E-state index in [1.165, 1.54) is 12.1 Å². The number of ether oxygens (including phenoxy) is 1. The summed E-state index contributed by atoms with van der Waals surface area (Å²) in [4.78, 5) is 20.9. The molecule has 1 saturated heterocycles. The van der Waals surface area contributed by atoms with Crippen molar-refractivity contribution in [3.8, 4) is 5.75 Å². The molecular formula is C21H22F2N4O4S. The van der Waals surface area contributed by atoms with E-state index in [1.807, 2.05) is 0 Å². The van der Waals surface area contributed by atoms with Gasteiger partial charge in [0, 0.05) is 18.5 Å². The highest BCUT2D eigenvalue weighted by atomic mass is 32.2. The smallest absolute Gasteiger partial charge is 0.280 e. The molecule has 0 aromatic carbocycles. The zero-order chi connectivity index (χ0) is 22.9. The maximum absolute atomic E-state index is 12.9. The molecule has 1 N–H and O–H groups in total. The molecule has 11 heteroatoms. The topological polar surface area (TPSA) is 103 Å². The van der Waals surface area contributed by atoms with Gasteiger partial charge in [0.25, 0.3) is 12.3 Å². The summed E-state index contributed by atoms with van der Waals surface area (Å²) in [6.07, 6.45) is 1.78. The fourth-order valence-corrected chi connectivity index (χ4v) is 5.61. The van der Waals surface area contributed by atoms with Crippen LogP contribution in [0.1, 0.15) is 41.6 Å². The van der Waals surface area contributed by atoms with Crippen molar-refractivity contribution in [3.63, 3.8) is 0 Å². The lowest BCUT2D eigenvalue weighted by Gasteiger charge is -2.12. The molecule has 0 radical (unpaired) electrons. The van der Waals surface area contributed by atoms with Crippen molar-refractivity contribution in [1.82, 2.24) is 14.4 Å². The molecule has 32 heavy (non-hydrogen) atoms. The predicted octanol–water partition coefficient (Wildman–Crippen LogP) is 3.30. The van der Waals surface area contributed by atoms with Crippen LogP contribution < -0.4 is 10.1 Å². The Morgan fingerprint density at radius 2 is 2.12 bits per heavy atom. The number of pyridine rings is 2. The molecule has 0 spiro atoms. The average molecular weight is 464 g/mol. The third-order valence-corrected chi connectivity index (χ3v) is 7.04. The van der Waals surface area contributed by atoms with Crippen LogP contribution in [0.4, 0.5) is 14.5 Å². The van der Waals surface area contributed by atoms with E-state index < -0.39 is 27.9 Å². The Morgan fingerprint density at radius 1 is 1.31 bits per heavy atom. The second-order valence-electron chi connectivity index (χ2n) is 7.66. The SMILES string of the molecule is CCOc1cc2nc(CC3CCS(=O)(=O)C3)cn2cc1NC(=O)c1cccc(C(F)F)n1. The van der Waals surface area contributed by atoms with Gasteiger partial charge >= 0.3 is 0 Å². The number of amides is 1. The lowest BCUT2D eigenvalue weighted by molar-refractivity contribution is 0.101. The van der Waals surface area contributed by atoms with Gasteiger partial charge in [-0.25, -0.2) is 27.2 Å². The van der Waals surface area contributed by atoms with Gasteiger partial charge in [-0.3, -0.25) is 4.79 Å². The number of nitrogens with zero attached hydrogens (tertiary/aromatic N) is 3. The summed E-state index contributed by atoms with van der Waals surface area (Å²) < 4.78 is 56.6. The van der Waals surface area contributed by atoms with Gasteiger partial charge in [-0.1, -0.05) is 6.07 Å². The standard InChI is InChI=1S/C21H22F2N4O4S/c1-2-31-18-9-19-24-14(8-13-6-7-32(29,30)12-13)10-27(19)11-17(18)26-21(28)16-5-3-4-15(25-16)20(22)23/h3-5,9-11,13,20H,2,6-8,12H2,1H3,(H,26,28). The first-order chi connectivity index (χ1) is 15.2. The van der Waals surface area contributed by atoms with Gasteiger partial charge in [-0.05, 0) is 37.8 Å². The van der Waals surface area contributed by atoms with Crippen LogP contribution in [0.15, 0.2) is 36.7 Å². The molecule has 4 heterocycles. The molecule has 1 atom stereocenters. The van der Waals surface area contributed by atoms with Crippen LogP contribution in [0.5, 0.6) is 5.75 Å². The summed E-state index contributed by atoms with van der Waals surface area (Å²) in [7, 11) is -2.97. The number of sulfone groups is 1. The zero-order valence-electron chi connectivity index (χ0n) is 17.3. The van der Waals surface area contributed by atoms with Gasteiger partial charge in [0.05, 0.1) is 23.8 Å². The predicted molar refractivity (Wildman–Crippen MR) is 114 cm³/mol. The highest BCUT2D eigenvalue weighted by Crippen LogP contribution is 2.28. The van der Waals surface area contributed by atoms with Gasteiger partial charge in [-0.2, -0.15) is 0 Å². The van der Waals surface area contributed by atoms with Crippen molar-refractivity contribution in [3.05, 3.63) is 53.7 Å². The summed E-state index contributed by atoms with van der Waals surface area (Å²) >= 11 is 0. The molecule has 4 rings (SSSR count). The highest BCUT2D eigenvalue weighted by molar-refractivity contribution is 7.91. The number of anilines is 1. The molecule has 170 valence electrons. The van der Waals surface area contributed by atoms with E-state index in [9.17, 15) is 22.0 Å². The van der Waals surface area contributed by atoms with Crippen LogP contribution in [0.2, 0.25) is 0 Å². The molecule has 1 aliphatic rings. The monoisotopic (exact) mass is 464 g/mol. The number of nitrogens with one attached hydrogen (secondary N) is 1. The summed E-state index contributed by atoms with van der Waals surface area (Å²) in [6.45, 7) is 2.13. The van der Waals surface area contributed by atoms with Gasteiger partial charge < -0.3 is 14.5 Å². The van der Waals surface area contributed by atoms with Crippen molar-refractivity contribution >= 4 is 27.1 Å². The molecule has 3 aromatic heterocycles. The molecule has 0 saturated carbocycles. The minimum atomic E-state index is -2.97. The van der Waals surface area contributed by atoms with E-state index in [0.29, 0.717) is 36.5 Å². The Kier molecular flexibility index (Phi) is 6.09. The first kappa shape index (κ1) is 22.1. The van der Waals surface area contributed by atoms with E-state index >= 15 is 0 Å². The number of carbonyl (C=O) groups is 1. The van der Waals surface area contributed by atoms with Crippen LogP contribution in [0, 0.1) is 5.92 Å². The van der Waals surface area contributed by atoms with Crippen LogP contribution in [-0.4, -0.2) is 46.8 Å².